The van der Waals surface area contributed by atoms with E-state index in [2.05, 4.69) is 20.6 Å². The van der Waals surface area contributed by atoms with E-state index in [1.54, 1.807) is 30.5 Å². The number of carboxylic acid groups (broad SMARTS) is 1. The third-order valence-corrected chi connectivity index (χ3v) is 5.22. The Morgan fingerprint density at radius 2 is 1.87 bits per heavy atom. The quantitative estimate of drug-likeness (QED) is 0.277. The van der Waals surface area contributed by atoms with Gasteiger partial charge in [0.1, 0.15) is 17.7 Å². The van der Waals surface area contributed by atoms with Crippen molar-refractivity contribution in [3.63, 3.8) is 0 Å². The van der Waals surface area contributed by atoms with Crippen LogP contribution < -0.4 is 16.4 Å². The van der Waals surface area contributed by atoms with Gasteiger partial charge in [-0.05, 0) is 37.1 Å². The molecule has 7 N–H and O–H groups in total. The van der Waals surface area contributed by atoms with Gasteiger partial charge in [0.15, 0.2) is 0 Å². The number of aromatic amines is 1. The zero-order valence-electron chi connectivity index (χ0n) is 16.2. The molecule has 0 aliphatic heterocycles. The van der Waals surface area contributed by atoms with Gasteiger partial charge in [-0.1, -0.05) is 6.42 Å². The number of carbonyl (C=O) groups is 3. The highest BCUT2D eigenvalue weighted by molar-refractivity contribution is 5.98. The fourth-order valence-electron chi connectivity index (χ4n) is 3.64. The predicted molar refractivity (Wildman–Crippen MR) is 109 cm³/mol. The molecule has 0 radical (unpaired) electrons. The minimum absolute atomic E-state index is 0.0279. The number of nitrogens with zero attached hydrogens (tertiary/aromatic N) is 1. The number of carbonyl (C=O) groups excluding carboxylic acids is 2. The second kappa shape index (κ2) is 9.21. The summed E-state index contributed by atoms with van der Waals surface area (Å²) in [6, 6.07) is 5.41. The summed E-state index contributed by atoms with van der Waals surface area (Å²) in [6.07, 6.45) is 4.88. The number of amidine groups is 1. The molecule has 1 heterocycles. The molecular weight excluding hydrogens is 388 g/mol. The number of carboxylic acids is 1. The van der Waals surface area contributed by atoms with Crippen LogP contribution in [-0.4, -0.2) is 44.7 Å². The Morgan fingerprint density at radius 1 is 1.20 bits per heavy atom. The molecule has 1 aromatic carbocycles. The van der Waals surface area contributed by atoms with Gasteiger partial charge in [-0.3, -0.25) is 15.0 Å². The number of nitrogens with one attached hydrogen (secondary N) is 4. The number of hydrogen-bond donors (Lipinski definition) is 6. The lowest BCUT2D eigenvalue weighted by atomic mass is 9.93. The van der Waals surface area contributed by atoms with Crippen LogP contribution in [0.15, 0.2) is 36.7 Å². The Kier molecular flexibility index (Phi) is 6.45. The van der Waals surface area contributed by atoms with Crippen LogP contribution in [0.3, 0.4) is 0 Å². The fourth-order valence-corrected chi connectivity index (χ4v) is 3.64. The Labute approximate surface area is 172 Å². The van der Waals surface area contributed by atoms with Gasteiger partial charge in [-0.15, -0.1) is 0 Å². The number of nitrogens with two attached hydrogens (primary N) is 1. The lowest BCUT2D eigenvalue weighted by Gasteiger charge is -2.21. The second-order valence-electron chi connectivity index (χ2n) is 7.26. The van der Waals surface area contributed by atoms with Crippen LogP contribution in [0.1, 0.15) is 30.7 Å². The van der Waals surface area contributed by atoms with E-state index in [0.29, 0.717) is 36.3 Å². The summed E-state index contributed by atoms with van der Waals surface area (Å²) < 4.78 is 0. The van der Waals surface area contributed by atoms with Crippen molar-refractivity contribution in [1.82, 2.24) is 15.3 Å². The number of H-pyrrole nitrogens is 1. The minimum Gasteiger partial charge on any atom is -0.480 e. The van der Waals surface area contributed by atoms with Crippen LogP contribution in [-0.2, 0) is 20.8 Å². The van der Waals surface area contributed by atoms with Gasteiger partial charge in [0.05, 0.1) is 0 Å². The highest BCUT2D eigenvalue weighted by Crippen LogP contribution is 2.33. The van der Waals surface area contributed by atoms with Crippen LogP contribution in [0, 0.1) is 17.2 Å². The number of aliphatic carboxylic acids is 1. The first-order valence-corrected chi connectivity index (χ1v) is 9.62. The predicted octanol–water partition coefficient (Wildman–Crippen LogP) is 0.861. The van der Waals surface area contributed by atoms with Crippen molar-refractivity contribution in [3.05, 3.63) is 48.0 Å². The summed E-state index contributed by atoms with van der Waals surface area (Å²) in [5.41, 5.74) is 6.51. The minimum atomic E-state index is -1.16. The van der Waals surface area contributed by atoms with Crippen LogP contribution in [0.2, 0.25) is 0 Å². The van der Waals surface area contributed by atoms with Crippen molar-refractivity contribution < 1.29 is 19.5 Å². The van der Waals surface area contributed by atoms with E-state index in [1.165, 1.54) is 6.20 Å². The van der Waals surface area contributed by atoms with Gasteiger partial charge in [-0.25, -0.2) is 9.78 Å². The van der Waals surface area contributed by atoms with Crippen molar-refractivity contribution in [3.8, 4) is 0 Å². The molecular formula is C20H24N6O4. The topological polar surface area (TPSA) is 174 Å². The summed E-state index contributed by atoms with van der Waals surface area (Å²) in [4.78, 5) is 43.9. The number of imidazole rings is 1. The van der Waals surface area contributed by atoms with E-state index < -0.39 is 29.8 Å². The first-order chi connectivity index (χ1) is 14.3. The molecule has 158 valence electrons. The van der Waals surface area contributed by atoms with Crippen LogP contribution >= 0.6 is 0 Å². The monoisotopic (exact) mass is 412 g/mol. The fraction of sp³-hybridized carbons (Fsp3) is 0.350. The van der Waals surface area contributed by atoms with Gasteiger partial charge in [0.25, 0.3) is 0 Å². The summed E-state index contributed by atoms with van der Waals surface area (Å²) in [7, 11) is 0. The molecule has 3 rings (SSSR count). The lowest BCUT2D eigenvalue weighted by Crippen LogP contribution is -2.46. The SMILES string of the molecule is N=C(N)c1ccc(NC(=O)C2CCCC2C(=O)NC(Cc2ncc[nH]2)C(=O)O)cc1. The first kappa shape index (κ1) is 21.0. The lowest BCUT2D eigenvalue weighted by molar-refractivity contribution is -0.143. The zero-order chi connectivity index (χ0) is 21.7. The molecule has 10 nitrogen and oxygen atoms in total. The molecule has 10 heteroatoms. The molecule has 2 aromatic rings. The number of hydrogen-bond acceptors (Lipinski definition) is 5. The Hall–Kier alpha value is -3.69. The number of amides is 2. The van der Waals surface area contributed by atoms with Crippen LogP contribution in [0.25, 0.3) is 0 Å². The van der Waals surface area contributed by atoms with E-state index in [9.17, 15) is 19.5 Å². The average molecular weight is 412 g/mol. The number of nitrogen functional groups attached to an aromatic ring is 1. The Balaban J connectivity index is 1.63. The number of benzene rings is 1. The molecule has 1 aromatic heterocycles. The van der Waals surface area contributed by atoms with Gasteiger partial charge in [-0.2, -0.15) is 0 Å². The van der Waals surface area contributed by atoms with Crippen molar-refractivity contribution >= 4 is 29.3 Å². The third kappa shape index (κ3) is 5.02. The van der Waals surface area contributed by atoms with Gasteiger partial charge in [0, 0.05) is 41.9 Å². The molecule has 3 unspecified atom stereocenters. The maximum atomic E-state index is 12.8. The van der Waals surface area contributed by atoms with E-state index in [4.69, 9.17) is 11.1 Å². The highest BCUT2D eigenvalue weighted by Gasteiger charge is 2.39. The summed E-state index contributed by atoms with van der Waals surface area (Å²) >= 11 is 0. The van der Waals surface area contributed by atoms with E-state index >= 15 is 0 Å². The molecule has 1 aliphatic carbocycles. The Bertz CT molecular complexity index is 925. The smallest absolute Gasteiger partial charge is 0.326 e. The first-order valence-electron chi connectivity index (χ1n) is 9.62. The summed E-state index contributed by atoms with van der Waals surface area (Å²) in [6.45, 7) is 0. The average Bonchev–Trinajstić information content (AvgIpc) is 3.39. The van der Waals surface area contributed by atoms with Crippen molar-refractivity contribution in [2.75, 3.05) is 5.32 Å². The van der Waals surface area contributed by atoms with E-state index in [1.807, 2.05) is 0 Å². The normalized spacial score (nSPS) is 19.1. The summed E-state index contributed by atoms with van der Waals surface area (Å²) in [5.74, 6) is -2.65. The number of aromatic nitrogens is 2. The van der Waals surface area contributed by atoms with Crippen molar-refractivity contribution in [2.45, 2.75) is 31.7 Å². The maximum Gasteiger partial charge on any atom is 0.326 e. The Morgan fingerprint density at radius 3 is 2.43 bits per heavy atom. The molecule has 1 aliphatic rings. The molecule has 0 bridgehead atoms. The van der Waals surface area contributed by atoms with Crippen LogP contribution in [0.4, 0.5) is 5.69 Å². The maximum absolute atomic E-state index is 12.8. The molecule has 0 spiro atoms. The zero-order valence-corrected chi connectivity index (χ0v) is 16.2. The summed E-state index contributed by atoms with van der Waals surface area (Å²) in [5, 5.41) is 22.2. The molecule has 3 atom stereocenters. The van der Waals surface area contributed by atoms with Gasteiger partial charge >= 0.3 is 5.97 Å². The highest BCUT2D eigenvalue weighted by atomic mass is 16.4. The van der Waals surface area contributed by atoms with Gasteiger partial charge < -0.3 is 26.5 Å². The van der Waals surface area contributed by atoms with E-state index in [-0.39, 0.29) is 18.2 Å². The van der Waals surface area contributed by atoms with Crippen molar-refractivity contribution in [1.29, 1.82) is 5.41 Å². The molecule has 30 heavy (non-hydrogen) atoms. The van der Waals surface area contributed by atoms with E-state index in [0.717, 1.165) is 0 Å². The van der Waals surface area contributed by atoms with Crippen LogP contribution in [0.5, 0.6) is 0 Å². The molecule has 0 saturated heterocycles. The molecule has 1 fully saturated rings. The molecule has 2 amide bonds. The van der Waals surface area contributed by atoms with Gasteiger partial charge in [0.2, 0.25) is 11.8 Å². The molecule has 1 saturated carbocycles. The third-order valence-electron chi connectivity index (χ3n) is 5.22. The number of rotatable bonds is 8. The van der Waals surface area contributed by atoms with Crippen molar-refractivity contribution in [2.24, 2.45) is 17.6 Å². The number of anilines is 1. The largest absolute Gasteiger partial charge is 0.480 e. The standard InChI is InChI=1S/C20H24N6O4/c21-17(22)11-4-6-12(7-5-11)25-18(27)13-2-1-3-14(13)19(28)26-15(20(29)30)10-16-23-8-9-24-16/h4-9,13-15H,1-3,10H2,(H3,21,22)(H,23,24)(H,25,27)(H,26,28)(H,29,30). The second-order valence-corrected chi connectivity index (χ2v) is 7.26.